The van der Waals surface area contributed by atoms with E-state index in [2.05, 4.69) is 37.7 Å². The monoisotopic (exact) mass is 331 g/mol. The van der Waals surface area contributed by atoms with E-state index in [1.54, 1.807) is 0 Å². The van der Waals surface area contributed by atoms with Gasteiger partial charge in [-0.3, -0.25) is 4.79 Å². The number of thioether (sulfide) groups is 1. The van der Waals surface area contributed by atoms with Crippen molar-refractivity contribution in [2.24, 2.45) is 0 Å². The van der Waals surface area contributed by atoms with Crippen molar-refractivity contribution in [1.29, 1.82) is 0 Å². The van der Waals surface area contributed by atoms with Crippen LogP contribution in [0.25, 0.3) is 11.0 Å². The Hall–Kier alpha value is -1.62. The van der Waals surface area contributed by atoms with Gasteiger partial charge in [0.1, 0.15) is 5.03 Å². The van der Waals surface area contributed by atoms with Gasteiger partial charge in [-0.05, 0) is 53.7 Å². The molecular weight excluding hydrogens is 306 g/mol. The summed E-state index contributed by atoms with van der Waals surface area (Å²) in [7, 11) is 0. The molecule has 1 atom stereocenters. The highest BCUT2D eigenvalue weighted by molar-refractivity contribution is 8.00. The first kappa shape index (κ1) is 17.7. The Balaban J connectivity index is 2.24. The first-order valence-electron chi connectivity index (χ1n) is 8.03. The summed E-state index contributed by atoms with van der Waals surface area (Å²) in [6, 6.07) is 8.20. The quantitative estimate of drug-likeness (QED) is 0.775. The zero-order valence-electron chi connectivity index (χ0n) is 14.7. The summed E-state index contributed by atoms with van der Waals surface area (Å²) in [5.74, 6) is 0.148. The largest absolute Gasteiger partial charge is 0.337 e. The number of hydrogen-bond donors (Lipinski definition) is 0. The average Bonchev–Trinajstić information content (AvgIpc) is 2.47. The molecule has 0 fully saturated rings. The first-order valence-corrected chi connectivity index (χ1v) is 8.91. The lowest BCUT2D eigenvalue weighted by Gasteiger charge is -2.32. The zero-order valence-corrected chi connectivity index (χ0v) is 15.5. The number of amides is 1. The Morgan fingerprint density at radius 1 is 1.00 bits per heavy atom. The predicted octanol–water partition coefficient (Wildman–Crippen LogP) is 4.06. The average molecular weight is 331 g/mol. The van der Waals surface area contributed by atoms with Crippen LogP contribution in [0.15, 0.2) is 29.3 Å². The van der Waals surface area contributed by atoms with Gasteiger partial charge in [-0.1, -0.05) is 23.9 Å². The number of hydrogen-bond acceptors (Lipinski definition) is 4. The van der Waals surface area contributed by atoms with Gasteiger partial charge in [0, 0.05) is 12.1 Å². The number of rotatable bonds is 5. The molecule has 0 saturated carbocycles. The second-order valence-corrected chi connectivity index (χ2v) is 7.63. The third-order valence-electron chi connectivity index (χ3n) is 3.70. The minimum Gasteiger partial charge on any atom is -0.337 e. The van der Waals surface area contributed by atoms with Crippen molar-refractivity contribution in [1.82, 2.24) is 14.9 Å². The van der Waals surface area contributed by atoms with Crippen LogP contribution in [0.4, 0.5) is 0 Å². The Kier molecular flexibility index (Phi) is 5.63. The molecule has 23 heavy (non-hydrogen) atoms. The number of fused-ring (bicyclic) bond motifs is 1. The number of benzene rings is 1. The molecule has 4 nitrogen and oxygen atoms in total. The van der Waals surface area contributed by atoms with E-state index in [-0.39, 0.29) is 23.2 Å². The summed E-state index contributed by atoms with van der Waals surface area (Å²) in [6.07, 6.45) is 0. The Bertz CT molecular complexity index is 692. The number of aryl methyl sites for hydroxylation is 1. The maximum absolute atomic E-state index is 12.8. The maximum Gasteiger partial charge on any atom is 0.236 e. The standard InChI is InChI=1S/C18H25N3OS/c1-11(2)21(12(3)4)18(22)14(6)23-17-13(5)19-15-9-7-8-10-16(15)20-17/h7-12,14H,1-6H3. The molecule has 0 aliphatic heterocycles. The fourth-order valence-corrected chi connectivity index (χ4v) is 3.64. The zero-order chi connectivity index (χ0) is 17.1. The molecular formula is C18H25N3OS. The molecule has 0 aliphatic rings. The van der Waals surface area contributed by atoms with E-state index in [1.807, 2.05) is 43.0 Å². The molecule has 124 valence electrons. The van der Waals surface area contributed by atoms with E-state index in [0.29, 0.717) is 0 Å². The van der Waals surface area contributed by atoms with Crippen molar-refractivity contribution in [2.75, 3.05) is 0 Å². The molecule has 1 unspecified atom stereocenters. The molecule has 2 rings (SSSR count). The van der Waals surface area contributed by atoms with Crippen molar-refractivity contribution in [2.45, 2.75) is 63.9 Å². The second-order valence-electron chi connectivity index (χ2n) is 6.30. The Labute approximate surface area is 142 Å². The molecule has 1 heterocycles. The van der Waals surface area contributed by atoms with E-state index >= 15 is 0 Å². The Morgan fingerprint density at radius 2 is 1.52 bits per heavy atom. The maximum atomic E-state index is 12.8. The molecule has 0 N–H and O–H groups in total. The molecule has 2 aromatic rings. The van der Waals surface area contributed by atoms with Crippen LogP contribution in [0.1, 0.15) is 40.3 Å². The molecule has 0 aliphatic carbocycles. The van der Waals surface area contributed by atoms with Crippen LogP contribution >= 0.6 is 11.8 Å². The highest BCUT2D eigenvalue weighted by atomic mass is 32.2. The molecule has 1 aromatic carbocycles. The van der Waals surface area contributed by atoms with Crippen LogP contribution in [0, 0.1) is 6.92 Å². The van der Waals surface area contributed by atoms with Crippen molar-refractivity contribution in [3.8, 4) is 0 Å². The normalized spacial score (nSPS) is 12.9. The van der Waals surface area contributed by atoms with Gasteiger partial charge < -0.3 is 4.90 Å². The minimum absolute atomic E-state index is 0.148. The predicted molar refractivity (Wildman–Crippen MR) is 96.7 cm³/mol. The molecule has 1 amide bonds. The smallest absolute Gasteiger partial charge is 0.236 e. The SMILES string of the molecule is Cc1nc2ccccc2nc1SC(C)C(=O)N(C(C)C)C(C)C. The summed E-state index contributed by atoms with van der Waals surface area (Å²) >= 11 is 1.49. The van der Waals surface area contributed by atoms with Crippen molar-refractivity contribution in [3.63, 3.8) is 0 Å². The van der Waals surface area contributed by atoms with E-state index in [0.717, 1.165) is 21.8 Å². The lowest BCUT2D eigenvalue weighted by molar-refractivity contribution is -0.133. The van der Waals surface area contributed by atoms with Gasteiger partial charge in [0.25, 0.3) is 0 Å². The van der Waals surface area contributed by atoms with Crippen LogP contribution in [0.3, 0.4) is 0 Å². The lowest BCUT2D eigenvalue weighted by atomic mass is 10.2. The van der Waals surface area contributed by atoms with Crippen molar-refractivity contribution >= 4 is 28.7 Å². The number of carbonyl (C=O) groups is 1. The fraction of sp³-hybridized carbons (Fsp3) is 0.500. The first-order chi connectivity index (χ1) is 10.8. The second kappa shape index (κ2) is 7.30. The van der Waals surface area contributed by atoms with E-state index in [4.69, 9.17) is 0 Å². The van der Waals surface area contributed by atoms with E-state index in [1.165, 1.54) is 11.8 Å². The van der Waals surface area contributed by atoms with Gasteiger partial charge >= 0.3 is 0 Å². The summed E-state index contributed by atoms with van der Waals surface area (Å²) in [4.78, 5) is 24.0. The van der Waals surface area contributed by atoms with E-state index in [9.17, 15) is 4.79 Å². The van der Waals surface area contributed by atoms with Crippen molar-refractivity contribution < 1.29 is 4.79 Å². The van der Waals surface area contributed by atoms with Crippen LogP contribution in [-0.2, 0) is 4.79 Å². The topological polar surface area (TPSA) is 46.1 Å². The van der Waals surface area contributed by atoms with Gasteiger partial charge in [-0.25, -0.2) is 9.97 Å². The minimum atomic E-state index is -0.186. The van der Waals surface area contributed by atoms with Gasteiger partial charge in [-0.2, -0.15) is 0 Å². The third kappa shape index (κ3) is 4.02. The lowest BCUT2D eigenvalue weighted by Crippen LogP contribution is -2.45. The van der Waals surface area contributed by atoms with Gasteiger partial charge in [0.2, 0.25) is 5.91 Å². The summed E-state index contributed by atoms with van der Waals surface area (Å²) in [5.41, 5.74) is 2.62. The number of para-hydroxylation sites is 2. The molecule has 0 bridgehead atoms. The van der Waals surface area contributed by atoms with E-state index < -0.39 is 0 Å². The molecule has 0 radical (unpaired) electrons. The summed E-state index contributed by atoms with van der Waals surface area (Å²) < 4.78 is 0. The van der Waals surface area contributed by atoms with Crippen LogP contribution in [0.2, 0.25) is 0 Å². The van der Waals surface area contributed by atoms with Gasteiger partial charge in [0.05, 0.1) is 22.0 Å². The highest BCUT2D eigenvalue weighted by Crippen LogP contribution is 2.27. The molecule has 5 heteroatoms. The summed E-state index contributed by atoms with van der Waals surface area (Å²) in [5, 5.41) is 0.644. The van der Waals surface area contributed by atoms with Gasteiger partial charge in [-0.15, -0.1) is 0 Å². The van der Waals surface area contributed by atoms with Crippen LogP contribution in [0.5, 0.6) is 0 Å². The number of aromatic nitrogens is 2. The molecule has 1 aromatic heterocycles. The van der Waals surface area contributed by atoms with Crippen molar-refractivity contribution in [3.05, 3.63) is 30.0 Å². The number of nitrogens with zero attached hydrogens (tertiary/aromatic N) is 3. The highest BCUT2D eigenvalue weighted by Gasteiger charge is 2.26. The summed E-state index contributed by atoms with van der Waals surface area (Å²) in [6.45, 7) is 12.1. The molecule has 0 spiro atoms. The fourth-order valence-electron chi connectivity index (χ4n) is 2.72. The Morgan fingerprint density at radius 3 is 2.04 bits per heavy atom. The number of carbonyl (C=O) groups excluding carboxylic acids is 1. The molecule has 0 saturated heterocycles. The van der Waals surface area contributed by atoms with Gasteiger partial charge in [0.15, 0.2) is 0 Å². The third-order valence-corrected chi connectivity index (χ3v) is 4.87. The van der Waals surface area contributed by atoms with Crippen LogP contribution < -0.4 is 0 Å². The van der Waals surface area contributed by atoms with Crippen LogP contribution in [-0.4, -0.2) is 38.1 Å².